The number of allylic oxidation sites excluding steroid dienone is 1. The molecule has 0 saturated heterocycles. The van der Waals surface area contributed by atoms with Gasteiger partial charge in [0, 0.05) is 6.92 Å². The van der Waals surface area contributed by atoms with Crippen LogP contribution in [0.3, 0.4) is 0 Å². The topological polar surface area (TPSA) is 26.3 Å². The Morgan fingerprint density at radius 1 is 1.04 bits per heavy atom. The number of rotatable bonds is 5. The molecule has 0 aromatic heterocycles. The van der Waals surface area contributed by atoms with E-state index in [4.69, 9.17) is 0 Å². The van der Waals surface area contributed by atoms with Gasteiger partial charge in [-0.2, -0.15) is 0 Å². The molecule has 0 saturated carbocycles. The molecule has 0 spiro atoms. The average Bonchev–Trinajstić information content (AvgIpc) is 2.56. The van der Waals surface area contributed by atoms with Gasteiger partial charge in [-0.15, -0.1) is 0 Å². The molecule has 2 heteroatoms. The lowest BCUT2D eigenvalue weighted by Gasteiger charge is -2.26. The monoisotopic (exact) mass is 322 g/mol. The highest BCUT2D eigenvalue weighted by molar-refractivity contribution is 5.66. The van der Waals surface area contributed by atoms with Gasteiger partial charge in [-0.3, -0.25) is 4.79 Å². The fourth-order valence-electron chi connectivity index (χ4n) is 2.42. The first-order valence-electron chi connectivity index (χ1n) is 7.93. The van der Waals surface area contributed by atoms with Gasteiger partial charge in [0.2, 0.25) is 0 Å². The second-order valence-corrected chi connectivity index (χ2v) is 6.17. The first kappa shape index (κ1) is 19.4. The van der Waals surface area contributed by atoms with Gasteiger partial charge < -0.3 is 4.74 Å². The van der Waals surface area contributed by atoms with E-state index in [2.05, 4.69) is 86.3 Å². The Bertz CT molecular complexity index is 655. The van der Waals surface area contributed by atoms with Gasteiger partial charge in [-0.25, -0.2) is 0 Å². The third-order valence-electron chi connectivity index (χ3n) is 3.64. The van der Waals surface area contributed by atoms with Crippen molar-refractivity contribution in [3.63, 3.8) is 0 Å². The Kier molecular flexibility index (Phi) is 7.70. The molecule has 0 aliphatic rings. The fraction of sp³-hybridized carbons (Fsp3) is 0.227. The van der Waals surface area contributed by atoms with Crippen LogP contribution in [0, 0.1) is 0 Å². The third kappa shape index (κ3) is 6.66. The molecule has 0 radical (unpaired) electrons. The van der Waals surface area contributed by atoms with Crippen LogP contribution < -0.4 is 0 Å². The molecule has 0 heterocycles. The summed E-state index contributed by atoms with van der Waals surface area (Å²) in [6.07, 6.45) is 2.07. The quantitative estimate of drug-likeness (QED) is 0.516. The van der Waals surface area contributed by atoms with Gasteiger partial charge in [0.1, 0.15) is 0 Å². The van der Waals surface area contributed by atoms with E-state index in [1.54, 1.807) is 0 Å². The maximum absolute atomic E-state index is 9.75. The van der Waals surface area contributed by atoms with E-state index >= 15 is 0 Å². The van der Waals surface area contributed by atoms with Crippen LogP contribution in [0.2, 0.25) is 0 Å². The molecule has 2 aromatic carbocycles. The van der Waals surface area contributed by atoms with Crippen LogP contribution in [-0.2, 0) is 14.9 Å². The molecule has 0 amide bonds. The highest BCUT2D eigenvalue weighted by atomic mass is 16.5. The Hall–Kier alpha value is -2.61. The van der Waals surface area contributed by atoms with Gasteiger partial charge in [0.15, 0.2) is 0 Å². The largest absolute Gasteiger partial charge is 0.435 e. The third-order valence-corrected chi connectivity index (χ3v) is 3.64. The summed E-state index contributed by atoms with van der Waals surface area (Å²) in [4.78, 5) is 9.75. The fourth-order valence-corrected chi connectivity index (χ4v) is 2.42. The van der Waals surface area contributed by atoms with Crippen LogP contribution in [0.5, 0.6) is 0 Å². The Labute approximate surface area is 145 Å². The normalized spacial score (nSPS) is 10.1. The first-order chi connectivity index (χ1) is 11.4. The maximum Gasteiger partial charge on any atom is 0.307 e. The molecule has 0 unspecified atom stereocenters. The lowest BCUT2D eigenvalue weighted by Crippen LogP contribution is -2.17. The summed E-state index contributed by atoms with van der Waals surface area (Å²) >= 11 is 0. The first-order valence-corrected chi connectivity index (χ1v) is 7.93. The number of ether oxygens (including phenoxy) is 1. The van der Waals surface area contributed by atoms with E-state index in [-0.39, 0.29) is 11.4 Å². The average molecular weight is 322 g/mol. The van der Waals surface area contributed by atoms with Crippen LogP contribution in [0.25, 0.3) is 5.57 Å². The molecule has 2 aromatic rings. The van der Waals surface area contributed by atoms with Crippen molar-refractivity contribution in [1.82, 2.24) is 0 Å². The number of carbonyl (C=O) groups excluding carboxylic acids is 1. The van der Waals surface area contributed by atoms with E-state index in [1.807, 2.05) is 6.07 Å². The van der Waals surface area contributed by atoms with Crippen molar-refractivity contribution < 1.29 is 9.53 Å². The lowest BCUT2D eigenvalue weighted by molar-refractivity contribution is -0.135. The van der Waals surface area contributed by atoms with Gasteiger partial charge >= 0.3 is 5.97 Å². The molecule has 0 atom stereocenters. The highest BCUT2D eigenvalue weighted by Crippen LogP contribution is 2.33. The molecular formula is C22H26O2. The molecule has 0 aliphatic carbocycles. The van der Waals surface area contributed by atoms with Crippen LogP contribution in [0.4, 0.5) is 0 Å². The van der Waals surface area contributed by atoms with Gasteiger partial charge in [-0.05, 0) is 28.5 Å². The molecule has 2 nitrogen and oxygen atoms in total. The summed E-state index contributed by atoms with van der Waals surface area (Å²) in [5, 5.41) is 0. The number of hydrogen-bond donors (Lipinski definition) is 0. The zero-order valence-corrected chi connectivity index (χ0v) is 14.8. The van der Waals surface area contributed by atoms with E-state index in [9.17, 15) is 4.79 Å². The van der Waals surface area contributed by atoms with Crippen LogP contribution in [-0.4, -0.2) is 5.97 Å². The summed E-state index contributed by atoms with van der Waals surface area (Å²) in [7, 11) is 0. The van der Waals surface area contributed by atoms with Crippen LogP contribution >= 0.6 is 0 Å². The second-order valence-electron chi connectivity index (χ2n) is 6.17. The van der Waals surface area contributed by atoms with E-state index in [1.165, 1.54) is 23.6 Å². The smallest absolute Gasteiger partial charge is 0.307 e. The van der Waals surface area contributed by atoms with Crippen molar-refractivity contribution in [2.24, 2.45) is 0 Å². The molecular weight excluding hydrogens is 296 g/mol. The lowest BCUT2D eigenvalue weighted by atomic mass is 9.78. The molecule has 0 N–H and O–H groups in total. The summed E-state index contributed by atoms with van der Waals surface area (Å²) in [5.74, 6) is -0.329. The molecule has 0 bridgehead atoms. The molecule has 2 rings (SSSR count). The maximum atomic E-state index is 9.75. The summed E-state index contributed by atoms with van der Waals surface area (Å²) in [5.41, 5.74) is 3.92. The Balaban J connectivity index is 0.000000413. The minimum atomic E-state index is -0.329. The van der Waals surface area contributed by atoms with Gasteiger partial charge in [0.05, 0.1) is 6.26 Å². The molecule has 24 heavy (non-hydrogen) atoms. The van der Waals surface area contributed by atoms with Crippen molar-refractivity contribution in [3.8, 4) is 0 Å². The molecule has 0 aliphatic heterocycles. The standard InChI is InChI=1S/C18H20.C4H6O2/c1-15(16-10-6-4-7-11-16)14-18(2,3)17-12-8-5-9-13-17;1-3-6-4(2)5/h4-13H,1,14H2,2-3H3;3H,1H2,2H3. The summed E-state index contributed by atoms with van der Waals surface area (Å²) in [6, 6.07) is 21.1. The minimum absolute atomic E-state index is 0.119. The number of carbonyl (C=O) groups is 1. The molecule has 0 fully saturated rings. The second kappa shape index (κ2) is 9.51. The van der Waals surface area contributed by atoms with Gasteiger partial charge in [0.25, 0.3) is 0 Å². The Morgan fingerprint density at radius 2 is 1.54 bits per heavy atom. The zero-order valence-electron chi connectivity index (χ0n) is 14.8. The van der Waals surface area contributed by atoms with E-state index in [0.29, 0.717) is 0 Å². The van der Waals surface area contributed by atoms with Gasteiger partial charge in [-0.1, -0.05) is 87.7 Å². The van der Waals surface area contributed by atoms with Crippen molar-refractivity contribution in [2.75, 3.05) is 0 Å². The van der Waals surface area contributed by atoms with Crippen molar-refractivity contribution >= 4 is 11.5 Å². The zero-order chi connectivity index (χ0) is 18.0. The van der Waals surface area contributed by atoms with E-state index < -0.39 is 0 Å². The Morgan fingerprint density at radius 3 is 1.96 bits per heavy atom. The van der Waals surface area contributed by atoms with E-state index in [0.717, 1.165) is 12.7 Å². The van der Waals surface area contributed by atoms with Crippen molar-refractivity contribution in [2.45, 2.75) is 32.6 Å². The number of esters is 1. The van der Waals surface area contributed by atoms with Crippen molar-refractivity contribution in [3.05, 3.63) is 91.2 Å². The van der Waals surface area contributed by atoms with Crippen molar-refractivity contribution in [1.29, 1.82) is 0 Å². The number of hydrogen-bond acceptors (Lipinski definition) is 2. The van der Waals surface area contributed by atoms with Crippen LogP contribution in [0.15, 0.2) is 80.1 Å². The summed E-state index contributed by atoms with van der Waals surface area (Å²) in [6.45, 7) is 13.3. The SMILES string of the molecule is C=C(CC(C)(C)c1ccccc1)c1ccccc1.C=COC(C)=O. The van der Waals surface area contributed by atoms with Crippen LogP contribution in [0.1, 0.15) is 38.3 Å². The number of benzene rings is 2. The predicted octanol–water partition coefficient (Wildman–Crippen LogP) is 5.76. The summed E-state index contributed by atoms with van der Waals surface area (Å²) < 4.78 is 4.17. The minimum Gasteiger partial charge on any atom is -0.435 e. The highest BCUT2D eigenvalue weighted by Gasteiger charge is 2.21. The molecule has 126 valence electrons. The predicted molar refractivity (Wildman–Crippen MR) is 102 cm³/mol.